The minimum atomic E-state index is 0.652. The van der Waals surface area contributed by atoms with Crippen molar-refractivity contribution in [2.45, 2.75) is 24.7 Å². The smallest absolute Gasteiger partial charge is 0.142 e. The molecule has 1 aromatic carbocycles. The third-order valence-corrected chi connectivity index (χ3v) is 5.72. The van der Waals surface area contributed by atoms with Crippen LogP contribution in [0.25, 0.3) is 0 Å². The highest BCUT2D eigenvalue weighted by Gasteiger charge is 2.55. The Morgan fingerprint density at radius 1 is 1.18 bits per heavy atom. The van der Waals surface area contributed by atoms with E-state index in [2.05, 4.69) is 57.1 Å². The minimum Gasteiger partial charge on any atom is -0.142 e. The second-order valence-corrected chi connectivity index (χ2v) is 7.61. The quantitative estimate of drug-likeness (QED) is 0.732. The molecule has 0 bridgehead atoms. The molecule has 2 aromatic rings. The van der Waals surface area contributed by atoms with Gasteiger partial charge in [-0.25, -0.2) is 0 Å². The van der Waals surface area contributed by atoms with E-state index in [1.165, 1.54) is 17.8 Å². The van der Waals surface area contributed by atoms with Gasteiger partial charge in [0.15, 0.2) is 3.01 Å². The Bertz CT molecular complexity index is 580. The molecule has 86 valence electrons. The van der Waals surface area contributed by atoms with Crippen LogP contribution in [-0.2, 0) is 6.42 Å². The Morgan fingerprint density at radius 3 is 2.88 bits per heavy atom. The summed E-state index contributed by atoms with van der Waals surface area (Å²) in [6, 6.07) is 8.91. The van der Waals surface area contributed by atoms with E-state index in [0.29, 0.717) is 5.92 Å². The summed E-state index contributed by atoms with van der Waals surface area (Å²) in [7, 11) is 0. The molecule has 1 saturated carbocycles. The summed E-state index contributed by atoms with van der Waals surface area (Å²) >= 11 is 4.02. The molecule has 3 atom stereocenters. The van der Waals surface area contributed by atoms with Gasteiger partial charge < -0.3 is 0 Å². The number of benzene rings is 1. The summed E-state index contributed by atoms with van der Waals surface area (Å²) in [5, 5.41) is 9.73. The first-order valence-electron chi connectivity index (χ1n) is 5.91. The Hall–Kier alpha value is -0.490. The summed E-state index contributed by atoms with van der Waals surface area (Å²) in [5.41, 5.74) is 3.12. The molecule has 0 saturated heterocycles. The van der Waals surface area contributed by atoms with Crippen molar-refractivity contribution in [2.75, 3.05) is 0 Å². The van der Waals surface area contributed by atoms with Crippen molar-refractivity contribution in [2.24, 2.45) is 5.92 Å². The maximum absolute atomic E-state index is 4.34. The summed E-state index contributed by atoms with van der Waals surface area (Å²) in [6.07, 6.45) is 2.56. The molecule has 2 aliphatic carbocycles. The molecule has 2 aliphatic rings. The first-order chi connectivity index (χ1) is 8.34. The fourth-order valence-electron chi connectivity index (χ4n) is 3.25. The van der Waals surface area contributed by atoms with Crippen LogP contribution in [0, 0.1) is 8.93 Å². The SMILES string of the molecule is Ic1nnc(C2C3CCc4ccccc4C32)s1. The van der Waals surface area contributed by atoms with Gasteiger partial charge in [-0.05, 0) is 58.4 Å². The molecule has 0 amide bonds. The second kappa shape index (κ2) is 3.75. The molecule has 0 N–H and O–H groups in total. The number of nitrogens with zero attached hydrogens (tertiary/aromatic N) is 2. The number of aromatic nitrogens is 2. The fraction of sp³-hybridized carbons (Fsp3) is 0.385. The number of halogens is 1. The maximum atomic E-state index is 4.34. The summed E-state index contributed by atoms with van der Waals surface area (Å²) in [4.78, 5) is 0. The monoisotopic (exact) mass is 354 g/mol. The van der Waals surface area contributed by atoms with Crippen LogP contribution in [0.2, 0.25) is 0 Å². The van der Waals surface area contributed by atoms with E-state index in [1.807, 2.05) is 0 Å². The molecule has 2 nitrogen and oxygen atoms in total. The molecular weight excluding hydrogens is 343 g/mol. The van der Waals surface area contributed by atoms with Gasteiger partial charge in [0, 0.05) is 5.92 Å². The average Bonchev–Trinajstić information content (AvgIpc) is 2.96. The first-order valence-corrected chi connectivity index (χ1v) is 7.81. The summed E-state index contributed by atoms with van der Waals surface area (Å²) < 4.78 is 1.06. The molecule has 17 heavy (non-hydrogen) atoms. The van der Waals surface area contributed by atoms with E-state index >= 15 is 0 Å². The number of rotatable bonds is 1. The van der Waals surface area contributed by atoms with Gasteiger partial charge in [0.2, 0.25) is 0 Å². The highest BCUT2D eigenvalue weighted by atomic mass is 127. The van der Waals surface area contributed by atoms with Crippen LogP contribution in [0.4, 0.5) is 0 Å². The number of hydrogen-bond donors (Lipinski definition) is 0. The second-order valence-electron chi connectivity index (χ2n) is 4.85. The van der Waals surface area contributed by atoms with Gasteiger partial charge in [0.25, 0.3) is 0 Å². The Kier molecular flexibility index (Phi) is 2.30. The normalized spacial score (nSPS) is 29.6. The Labute approximate surface area is 118 Å². The average molecular weight is 354 g/mol. The van der Waals surface area contributed by atoms with E-state index in [1.54, 1.807) is 22.5 Å². The van der Waals surface area contributed by atoms with Crippen molar-refractivity contribution < 1.29 is 0 Å². The molecule has 4 heteroatoms. The molecule has 0 aliphatic heterocycles. The zero-order valence-corrected chi connectivity index (χ0v) is 12.1. The van der Waals surface area contributed by atoms with E-state index in [9.17, 15) is 0 Å². The molecular formula is C13H11IN2S. The van der Waals surface area contributed by atoms with E-state index in [-0.39, 0.29) is 0 Å². The van der Waals surface area contributed by atoms with Crippen molar-refractivity contribution in [1.82, 2.24) is 10.2 Å². The lowest BCUT2D eigenvalue weighted by molar-refractivity contribution is 0.658. The van der Waals surface area contributed by atoms with Crippen LogP contribution in [0.5, 0.6) is 0 Å². The van der Waals surface area contributed by atoms with E-state index in [4.69, 9.17) is 0 Å². The molecule has 4 rings (SSSR count). The van der Waals surface area contributed by atoms with Crippen molar-refractivity contribution in [3.8, 4) is 0 Å². The lowest BCUT2D eigenvalue weighted by atomic mass is 9.92. The van der Waals surface area contributed by atoms with E-state index in [0.717, 1.165) is 14.9 Å². The van der Waals surface area contributed by atoms with Crippen LogP contribution in [0.3, 0.4) is 0 Å². The van der Waals surface area contributed by atoms with Gasteiger partial charge in [-0.15, -0.1) is 10.2 Å². The van der Waals surface area contributed by atoms with Gasteiger partial charge in [0.1, 0.15) is 5.01 Å². The predicted octanol–water partition coefficient (Wildman–Crippen LogP) is 3.59. The topological polar surface area (TPSA) is 25.8 Å². The lowest BCUT2D eigenvalue weighted by Gasteiger charge is -2.13. The van der Waals surface area contributed by atoms with Crippen LogP contribution in [0.15, 0.2) is 24.3 Å². The highest BCUT2D eigenvalue weighted by Crippen LogP contribution is 2.65. The van der Waals surface area contributed by atoms with Crippen LogP contribution in [-0.4, -0.2) is 10.2 Å². The van der Waals surface area contributed by atoms with Gasteiger partial charge >= 0.3 is 0 Å². The zero-order chi connectivity index (χ0) is 11.4. The molecule has 3 unspecified atom stereocenters. The molecule has 1 fully saturated rings. The molecule has 1 heterocycles. The maximum Gasteiger partial charge on any atom is 0.178 e. The number of fused-ring (bicyclic) bond motifs is 3. The van der Waals surface area contributed by atoms with Gasteiger partial charge in [-0.2, -0.15) is 0 Å². The summed E-state index contributed by atoms with van der Waals surface area (Å²) in [5.74, 6) is 2.21. The lowest BCUT2D eigenvalue weighted by Crippen LogP contribution is -2.00. The van der Waals surface area contributed by atoms with Crippen LogP contribution < -0.4 is 0 Å². The number of aryl methyl sites for hydroxylation is 1. The standard InChI is InChI=1S/C13H11IN2S/c14-13-16-15-12(17-13)11-9-6-5-7-3-1-2-4-8(7)10(9)11/h1-4,9-11H,5-6H2. The molecule has 0 radical (unpaired) electrons. The van der Waals surface area contributed by atoms with Crippen molar-refractivity contribution >= 4 is 33.9 Å². The first kappa shape index (κ1) is 10.4. The Morgan fingerprint density at radius 2 is 2.06 bits per heavy atom. The van der Waals surface area contributed by atoms with Crippen LogP contribution >= 0.6 is 33.9 Å². The van der Waals surface area contributed by atoms with Gasteiger partial charge in [0.05, 0.1) is 0 Å². The van der Waals surface area contributed by atoms with Gasteiger partial charge in [-0.1, -0.05) is 35.6 Å². The minimum absolute atomic E-state index is 0.652. The largest absolute Gasteiger partial charge is 0.178 e. The fourth-order valence-corrected chi connectivity index (χ4v) is 4.83. The number of hydrogen-bond acceptors (Lipinski definition) is 3. The molecule has 0 spiro atoms. The van der Waals surface area contributed by atoms with Crippen molar-refractivity contribution in [1.29, 1.82) is 0 Å². The third kappa shape index (κ3) is 1.57. The highest BCUT2D eigenvalue weighted by molar-refractivity contribution is 14.1. The van der Waals surface area contributed by atoms with E-state index < -0.39 is 0 Å². The van der Waals surface area contributed by atoms with Crippen LogP contribution in [0.1, 0.15) is 34.4 Å². The van der Waals surface area contributed by atoms with Gasteiger partial charge in [-0.3, -0.25) is 0 Å². The van der Waals surface area contributed by atoms with Crippen molar-refractivity contribution in [3.63, 3.8) is 0 Å². The van der Waals surface area contributed by atoms with Crippen molar-refractivity contribution in [3.05, 3.63) is 43.4 Å². The summed E-state index contributed by atoms with van der Waals surface area (Å²) in [6.45, 7) is 0. The molecule has 1 aromatic heterocycles. The zero-order valence-electron chi connectivity index (χ0n) is 9.14. The third-order valence-electron chi connectivity index (χ3n) is 4.03. The Balaban J connectivity index is 1.73. The predicted molar refractivity (Wildman–Crippen MR) is 76.4 cm³/mol.